The van der Waals surface area contributed by atoms with E-state index in [0.29, 0.717) is 6.42 Å². The minimum Gasteiger partial charge on any atom is -0.313 e. The summed E-state index contributed by atoms with van der Waals surface area (Å²) in [6.07, 6.45) is 7.84. The maximum absolute atomic E-state index is 5.71. The second-order valence-electron chi connectivity index (χ2n) is 18.7. The lowest BCUT2D eigenvalue weighted by Crippen LogP contribution is -2.01. The number of benzene rings is 9. The Morgan fingerprint density at radius 2 is 0.634 bits per heavy atom. The molecule has 5 heteroatoms. The van der Waals surface area contributed by atoms with E-state index < -0.39 is 0 Å². The van der Waals surface area contributed by atoms with Crippen LogP contribution in [0.3, 0.4) is 0 Å². The topological polar surface area (TPSA) is 32.6 Å². The molecule has 5 nitrogen and oxygen atoms in total. The van der Waals surface area contributed by atoms with Gasteiger partial charge in [-0.3, -0.25) is 0 Å². The van der Waals surface area contributed by atoms with Crippen LogP contribution in [0.25, 0.3) is 127 Å². The van der Waals surface area contributed by atoms with Crippen LogP contribution >= 0.6 is 0 Å². The number of rotatable bonds is 6. The van der Waals surface area contributed by atoms with Crippen LogP contribution in [0.4, 0.5) is 0 Å². The number of pyridine rings is 1. The van der Waals surface area contributed by atoms with Crippen molar-refractivity contribution in [2.24, 2.45) is 0 Å². The molecule has 332 valence electrons. The summed E-state index contributed by atoms with van der Waals surface area (Å²) in [7, 11) is 0. The van der Waals surface area contributed by atoms with Gasteiger partial charge in [0.05, 0.1) is 55.5 Å². The molecule has 0 radical (unpaired) electrons. The van der Waals surface area contributed by atoms with Crippen LogP contribution < -0.4 is 0 Å². The van der Waals surface area contributed by atoms with E-state index in [4.69, 9.17) is 4.98 Å². The minimum absolute atomic E-state index is 0.710. The molecule has 0 saturated heterocycles. The van der Waals surface area contributed by atoms with Crippen molar-refractivity contribution >= 4 is 104 Å². The Morgan fingerprint density at radius 3 is 1.03 bits per heavy atom. The van der Waals surface area contributed by atoms with Crippen molar-refractivity contribution in [3.8, 4) is 22.6 Å². The highest BCUT2D eigenvalue weighted by atomic mass is 15.0. The van der Waals surface area contributed by atoms with Crippen LogP contribution in [0.2, 0.25) is 0 Å². The number of hydrogen-bond donors (Lipinski definition) is 0. The number of allylic oxidation sites excluding steroid dienone is 6. The largest absolute Gasteiger partial charge is 0.313 e. The summed E-state index contributed by atoms with van der Waals surface area (Å²) in [4.78, 5) is 5.71. The van der Waals surface area contributed by atoms with Gasteiger partial charge in [0, 0.05) is 83.4 Å². The van der Waals surface area contributed by atoms with Crippen LogP contribution in [-0.4, -0.2) is 23.3 Å². The number of hydrogen-bond acceptors (Lipinski definition) is 1. The molecule has 1 aliphatic carbocycles. The highest BCUT2D eigenvalue weighted by Crippen LogP contribution is 2.41. The summed E-state index contributed by atoms with van der Waals surface area (Å²) < 4.78 is 9.74. The fraction of sp³-hybridized carbons (Fsp3) is 0.0152. The van der Waals surface area contributed by atoms with Crippen molar-refractivity contribution in [2.75, 3.05) is 0 Å². The van der Waals surface area contributed by atoms with Gasteiger partial charge in [-0.25, -0.2) is 4.98 Å². The summed E-state index contributed by atoms with van der Waals surface area (Å²) in [5.41, 5.74) is 17.7. The van der Waals surface area contributed by atoms with E-state index in [1.54, 1.807) is 0 Å². The predicted octanol–water partition coefficient (Wildman–Crippen LogP) is 17.0. The molecular formula is C66H43N5. The van der Waals surface area contributed by atoms with Crippen molar-refractivity contribution in [3.05, 3.63) is 254 Å². The van der Waals surface area contributed by atoms with Gasteiger partial charge in [-0.1, -0.05) is 158 Å². The average molecular weight is 906 g/mol. The number of aromatic nitrogens is 5. The lowest BCUT2D eigenvalue weighted by molar-refractivity contribution is 1.13. The zero-order valence-corrected chi connectivity index (χ0v) is 38.6. The summed E-state index contributed by atoms with van der Waals surface area (Å²) in [5, 5.41) is 9.87. The Kier molecular flexibility index (Phi) is 8.65. The number of nitrogens with zero attached hydrogens (tertiary/aromatic N) is 5. The second kappa shape index (κ2) is 15.5. The molecule has 1 aliphatic rings. The second-order valence-corrected chi connectivity index (χ2v) is 18.7. The lowest BCUT2D eigenvalue weighted by atomic mass is 10.1. The van der Waals surface area contributed by atoms with E-state index in [9.17, 15) is 0 Å². The SMILES string of the molecule is C1=C(c2cccc(-c3cc(-n4c5ccccc5c5ccccc54)cc(-n4c5ccccc5c5ccccc54)c3)n2)C=C(n2c3ccccc3c3ccccc32)CC=C1n1c2ccccc2c2ccccc21. The summed E-state index contributed by atoms with van der Waals surface area (Å²) in [6, 6.07) is 83.7. The van der Waals surface area contributed by atoms with E-state index in [0.717, 1.165) is 61.7 Å². The Labute approximate surface area is 409 Å². The standard InChI is InChI=1S/C66H43N5/c1-9-28-59-49(18-1)50-19-2-10-29-60(50)68(59)45-36-37-46(69-61-30-11-3-20-51(61)52-21-4-12-31-62(52)69)39-43(38-45)57-26-17-27-58(67-57)44-40-47(70-63-32-13-5-22-53(63)54-23-6-14-33-64(54)70)42-48(41-44)71-65-34-15-7-24-55(65)56-25-8-16-35-66(56)71/h1-36,38-42H,37H2. The van der Waals surface area contributed by atoms with E-state index in [1.807, 2.05) is 0 Å². The Morgan fingerprint density at radius 1 is 0.296 bits per heavy atom. The molecule has 5 aromatic heterocycles. The van der Waals surface area contributed by atoms with Crippen molar-refractivity contribution < 1.29 is 0 Å². The van der Waals surface area contributed by atoms with E-state index in [2.05, 4.69) is 267 Å². The lowest BCUT2D eigenvalue weighted by Gasteiger charge is -2.16. The normalized spacial score (nSPS) is 13.3. The van der Waals surface area contributed by atoms with Crippen molar-refractivity contribution in [1.82, 2.24) is 23.3 Å². The molecule has 9 aromatic carbocycles. The number of fused-ring (bicyclic) bond motifs is 12. The van der Waals surface area contributed by atoms with Gasteiger partial charge < -0.3 is 18.3 Å². The third kappa shape index (κ3) is 6.03. The van der Waals surface area contributed by atoms with Crippen LogP contribution in [-0.2, 0) is 0 Å². The van der Waals surface area contributed by atoms with Gasteiger partial charge in [0.25, 0.3) is 0 Å². The van der Waals surface area contributed by atoms with Gasteiger partial charge >= 0.3 is 0 Å². The molecule has 0 aliphatic heterocycles. The quantitative estimate of drug-likeness (QED) is 0.164. The third-order valence-electron chi connectivity index (χ3n) is 14.8. The van der Waals surface area contributed by atoms with Crippen molar-refractivity contribution in [1.29, 1.82) is 0 Å². The maximum Gasteiger partial charge on any atom is 0.0711 e. The van der Waals surface area contributed by atoms with Crippen LogP contribution in [0.15, 0.2) is 249 Å². The molecule has 15 rings (SSSR count). The first kappa shape index (κ1) is 39.5. The molecule has 0 N–H and O–H groups in total. The predicted molar refractivity (Wildman–Crippen MR) is 298 cm³/mol. The monoisotopic (exact) mass is 905 g/mol. The Hall–Kier alpha value is -9.45. The molecule has 0 amide bonds. The van der Waals surface area contributed by atoms with Crippen LogP contribution in [0.5, 0.6) is 0 Å². The molecule has 0 spiro atoms. The minimum atomic E-state index is 0.710. The fourth-order valence-corrected chi connectivity index (χ4v) is 11.8. The molecule has 71 heavy (non-hydrogen) atoms. The smallest absolute Gasteiger partial charge is 0.0711 e. The molecular weight excluding hydrogens is 863 g/mol. The third-order valence-corrected chi connectivity index (χ3v) is 14.8. The molecule has 0 fully saturated rings. The molecule has 0 unspecified atom stereocenters. The highest BCUT2D eigenvalue weighted by Gasteiger charge is 2.21. The Bertz CT molecular complexity index is 4270. The first-order valence-electron chi connectivity index (χ1n) is 24.4. The van der Waals surface area contributed by atoms with Crippen molar-refractivity contribution in [3.63, 3.8) is 0 Å². The fourth-order valence-electron chi connectivity index (χ4n) is 11.8. The first-order valence-corrected chi connectivity index (χ1v) is 24.4. The molecule has 5 heterocycles. The zero-order valence-electron chi connectivity index (χ0n) is 38.6. The van der Waals surface area contributed by atoms with Gasteiger partial charge in [-0.15, -0.1) is 0 Å². The molecule has 0 bridgehead atoms. The number of para-hydroxylation sites is 8. The Balaban J connectivity index is 0.979. The summed E-state index contributed by atoms with van der Waals surface area (Å²) in [5.74, 6) is 0. The average Bonchev–Trinajstić information content (AvgIpc) is 4.12. The van der Waals surface area contributed by atoms with Gasteiger partial charge in [-0.05, 0) is 91.0 Å². The summed E-state index contributed by atoms with van der Waals surface area (Å²) in [6.45, 7) is 0. The zero-order chi connectivity index (χ0) is 46.6. The maximum atomic E-state index is 5.71. The summed E-state index contributed by atoms with van der Waals surface area (Å²) >= 11 is 0. The molecule has 14 aromatic rings. The van der Waals surface area contributed by atoms with Gasteiger partial charge in [0.1, 0.15) is 0 Å². The van der Waals surface area contributed by atoms with Gasteiger partial charge in [0.15, 0.2) is 0 Å². The van der Waals surface area contributed by atoms with Gasteiger partial charge in [0.2, 0.25) is 0 Å². The van der Waals surface area contributed by atoms with E-state index >= 15 is 0 Å². The van der Waals surface area contributed by atoms with Crippen LogP contribution in [0.1, 0.15) is 12.1 Å². The molecule has 0 saturated carbocycles. The van der Waals surface area contributed by atoms with E-state index in [-0.39, 0.29) is 0 Å². The van der Waals surface area contributed by atoms with E-state index in [1.165, 1.54) is 70.9 Å². The van der Waals surface area contributed by atoms with Gasteiger partial charge in [-0.2, -0.15) is 0 Å². The van der Waals surface area contributed by atoms with Crippen molar-refractivity contribution in [2.45, 2.75) is 6.42 Å². The molecule has 0 atom stereocenters. The van der Waals surface area contributed by atoms with Crippen LogP contribution in [0, 0.1) is 0 Å². The first-order chi connectivity index (χ1) is 35.2. The highest BCUT2D eigenvalue weighted by molar-refractivity contribution is 6.14.